The molecule has 0 aliphatic heterocycles. The van der Waals surface area contributed by atoms with E-state index in [1.165, 1.54) is 19.1 Å². The third-order valence-electron chi connectivity index (χ3n) is 3.46. The highest BCUT2D eigenvalue weighted by molar-refractivity contribution is 5.87. The van der Waals surface area contributed by atoms with Crippen molar-refractivity contribution in [2.45, 2.75) is 18.9 Å². The molecule has 0 heterocycles. The minimum Gasteiger partial charge on any atom is -0.508 e. The molecule has 0 spiro atoms. The van der Waals surface area contributed by atoms with Crippen LogP contribution in [0.15, 0.2) is 54.6 Å². The van der Waals surface area contributed by atoms with Crippen LogP contribution in [0.4, 0.5) is 0 Å². The van der Waals surface area contributed by atoms with Crippen molar-refractivity contribution in [1.82, 2.24) is 5.32 Å². The van der Waals surface area contributed by atoms with E-state index in [1.54, 1.807) is 36.4 Å². The molecule has 0 unspecified atom stereocenters. The van der Waals surface area contributed by atoms with Crippen LogP contribution < -0.4 is 10.1 Å². The van der Waals surface area contributed by atoms with Gasteiger partial charge in [-0.05, 0) is 36.8 Å². The SMILES string of the molecule is C[C@](COc1ccccc1)(NC(=O)Cc1ccc(O)cc1)C(=O)O. The molecule has 24 heavy (non-hydrogen) atoms. The molecule has 2 aromatic carbocycles. The smallest absolute Gasteiger partial charge is 0.332 e. The Hall–Kier alpha value is -3.02. The van der Waals surface area contributed by atoms with Crippen molar-refractivity contribution in [1.29, 1.82) is 0 Å². The summed E-state index contributed by atoms with van der Waals surface area (Å²) in [5.74, 6) is -0.997. The van der Waals surface area contributed by atoms with E-state index in [4.69, 9.17) is 4.74 Å². The number of carbonyl (C=O) groups is 2. The van der Waals surface area contributed by atoms with E-state index in [9.17, 15) is 19.8 Å². The lowest BCUT2D eigenvalue weighted by Crippen LogP contribution is -2.56. The van der Waals surface area contributed by atoms with Gasteiger partial charge in [-0.2, -0.15) is 0 Å². The molecule has 3 N–H and O–H groups in total. The van der Waals surface area contributed by atoms with Crippen LogP contribution in [0.5, 0.6) is 11.5 Å². The molecule has 6 nitrogen and oxygen atoms in total. The van der Waals surface area contributed by atoms with E-state index in [0.717, 1.165) is 0 Å². The van der Waals surface area contributed by atoms with Crippen molar-refractivity contribution in [3.05, 3.63) is 60.2 Å². The fraction of sp³-hybridized carbons (Fsp3) is 0.222. The molecular formula is C18H19NO5. The number of hydrogen-bond donors (Lipinski definition) is 3. The third-order valence-corrected chi connectivity index (χ3v) is 3.46. The number of ether oxygens (including phenoxy) is 1. The number of para-hydroxylation sites is 1. The zero-order chi connectivity index (χ0) is 17.6. The van der Waals surface area contributed by atoms with Crippen molar-refractivity contribution < 1.29 is 24.5 Å². The van der Waals surface area contributed by atoms with Gasteiger partial charge in [-0.1, -0.05) is 30.3 Å². The third kappa shape index (κ3) is 4.74. The molecule has 1 amide bonds. The van der Waals surface area contributed by atoms with Crippen LogP contribution in [0.2, 0.25) is 0 Å². The van der Waals surface area contributed by atoms with Gasteiger partial charge in [0.15, 0.2) is 5.54 Å². The predicted molar refractivity (Wildman–Crippen MR) is 87.9 cm³/mol. The van der Waals surface area contributed by atoms with Crippen molar-refractivity contribution in [3.8, 4) is 11.5 Å². The van der Waals surface area contributed by atoms with Crippen molar-refractivity contribution in [2.75, 3.05) is 6.61 Å². The lowest BCUT2D eigenvalue weighted by atomic mass is 10.0. The first-order chi connectivity index (χ1) is 11.4. The second-order valence-electron chi connectivity index (χ2n) is 5.63. The van der Waals surface area contributed by atoms with Crippen LogP contribution in [0, 0.1) is 0 Å². The van der Waals surface area contributed by atoms with E-state index in [0.29, 0.717) is 11.3 Å². The number of nitrogens with one attached hydrogen (secondary N) is 1. The summed E-state index contributed by atoms with van der Waals surface area (Å²) in [6, 6.07) is 14.9. The van der Waals surface area contributed by atoms with Crippen molar-refractivity contribution in [3.63, 3.8) is 0 Å². The summed E-state index contributed by atoms with van der Waals surface area (Å²) in [5, 5.41) is 21.2. The Balaban J connectivity index is 1.99. The zero-order valence-corrected chi connectivity index (χ0v) is 13.2. The van der Waals surface area contributed by atoms with Gasteiger partial charge in [0.25, 0.3) is 0 Å². The van der Waals surface area contributed by atoms with Gasteiger partial charge >= 0.3 is 5.97 Å². The number of amides is 1. The molecule has 0 fully saturated rings. The van der Waals surface area contributed by atoms with Crippen molar-refractivity contribution >= 4 is 11.9 Å². The number of rotatable bonds is 7. The Morgan fingerprint density at radius 2 is 1.71 bits per heavy atom. The minimum absolute atomic E-state index is 0.00842. The first-order valence-corrected chi connectivity index (χ1v) is 7.39. The molecule has 0 saturated heterocycles. The highest BCUT2D eigenvalue weighted by Crippen LogP contribution is 2.14. The van der Waals surface area contributed by atoms with E-state index < -0.39 is 17.4 Å². The molecule has 0 aromatic heterocycles. The fourth-order valence-corrected chi connectivity index (χ4v) is 2.05. The van der Waals surface area contributed by atoms with Crippen LogP contribution >= 0.6 is 0 Å². The lowest BCUT2D eigenvalue weighted by molar-refractivity contribution is -0.148. The summed E-state index contributed by atoms with van der Waals surface area (Å²) in [4.78, 5) is 23.7. The topological polar surface area (TPSA) is 95.9 Å². The van der Waals surface area contributed by atoms with Crippen LogP contribution in [-0.4, -0.2) is 34.2 Å². The molecule has 2 aromatic rings. The zero-order valence-electron chi connectivity index (χ0n) is 13.2. The maximum Gasteiger partial charge on any atom is 0.332 e. The van der Waals surface area contributed by atoms with Gasteiger partial charge in [0.1, 0.15) is 18.1 Å². The fourth-order valence-electron chi connectivity index (χ4n) is 2.05. The van der Waals surface area contributed by atoms with E-state index in [1.807, 2.05) is 6.07 Å². The number of phenols is 1. The quantitative estimate of drug-likeness (QED) is 0.722. The maximum absolute atomic E-state index is 12.1. The second kappa shape index (κ2) is 7.50. The van der Waals surface area contributed by atoms with Crippen LogP contribution in [0.3, 0.4) is 0 Å². The molecule has 6 heteroatoms. The van der Waals surface area contributed by atoms with Crippen LogP contribution in [-0.2, 0) is 16.0 Å². The van der Waals surface area contributed by atoms with E-state index in [2.05, 4.69) is 5.32 Å². The monoisotopic (exact) mass is 329 g/mol. The number of hydrogen-bond acceptors (Lipinski definition) is 4. The molecule has 0 aliphatic rings. The molecular weight excluding hydrogens is 310 g/mol. The highest BCUT2D eigenvalue weighted by atomic mass is 16.5. The summed E-state index contributed by atoms with van der Waals surface area (Å²) in [7, 11) is 0. The number of aromatic hydroxyl groups is 1. The molecule has 0 saturated carbocycles. The second-order valence-corrected chi connectivity index (χ2v) is 5.63. The number of carboxylic acid groups (broad SMARTS) is 1. The molecule has 0 radical (unpaired) electrons. The minimum atomic E-state index is -1.55. The van der Waals surface area contributed by atoms with Gasteiger partial charge in [0.05, 0.1) is 6.42 Å². The molecule has 1 atom stereocenters. The van der Waals surface area contributed by atoms with Crippen LogP contribution in [0.1, 0.15) is 12.5 Å². The number of phenolic OH excluding ortho intramolecular Hbond substituents is 1. The van der Waals surface area contributed by atoms with Crippen molar-refractivity contribution in [2.24, 2.45) is 0 Å². The average molecular weight is 329 g/mol. The Morgan fingerprint density at radius 3 is 2.29 bits per heavy atom. The first kappa shape index (κ1) is 17.3. The largest absolute Gasteiger partial charge is 0.508 e. The summed E-state index contributed by atoms with van der Waals surface area (Å²) in [6.45, 7) is 1.20. The van der Waals surface area contributed by atoms with Gasteiger partial charge in [-0.25, -0.2) is 4.79 Å². The maximum atomic E-state index is 12.1. The Kier molecular flexibility index (Phi) is 5.42. The standard InChI is InChI=1S/C18H19NO5/c1-18(17(22)23,12-24-15-5-3-2-4-6-15)19-16(21)11-13-7-9-14(20)10-8-13/h2-10,20H,11-12H2,1H3,(H,19,21)(H,22,23)/t18-/m1/s1. The van der Waals surface area contributed by atoms with E-state index >= 15 is 0 Å². The molecule has 2 rings (SSSR count). The number of carboxylic acids is 1. The Bertz CT molecular complexity index is 699. The van der Waals surface area contributed by atoms with E-state index in [-0.39, 0.29) is 18.8 Å². The summed E-state index contributed by atoms with van der Waals surface area (Å²) >= 11 is 0. The van der Waals surface area contributed by atoms with Gasteiger partial charge in [0, 0.05) is 0 Å². The number of benzene rings is 2. The molecule has 126 valence electrons. The summed E-state index contributed by atoms with van der Waals surface area (Å²) < 4.78 is 5.47. The molecule has 0 bridgehead atoms. The Morgan fingerprint density at radius 1 is 1.08 bits per heavy atom. The first-order valence-electron chi connectivity index (χ1n) is 7.39. The van der Waals surface area contributed by atoms with Gasteiger partial charge in [0.2, 0.25) is 5.91 Å². The average Bonchev–Trinajstić information content (AvgIpc) is 2.56. The summed E-state index contributed by atoms with van der Waals surface area (Å²) in [6.07, 6.45) is 0.00842. The number of carbonyl (C=O) groups excluding carboxylic acids is 1. The molecule has 0 aliphatic carbocycles. The number of aliphatic carboxylic acids is 1. The normalized spacial score (nSPS) is 12.9. The highest BCUT2D eigenvalue weighted by Gasteiger charge is 2.36. The van der Waals surface area contributed by atoms with Gasteiger partial charge < -0.3 is 20.3 Å². The Labute approximate surface area is 139 Å². The predicted octanol–water partition coefficient (Wildman–Crippen LogP) is 1.97. The van der Waals surface area contributed by atoms with Gasteiger partial charge in [-0.15, -0.1) is 0 Å². The lowest BCUT2D eigenvalue weighted by Gasteiger charge is -2.26. The van der Waals surface area contributed by atoms with Gasteiger partial charge in [-0.3, -0.25) is 4.79 Å². The summed E-state index contributed by atoms with van der Waals surface area (Å²) in [5.41, 5.74) is -0.883. The van der Waals surface area contributed by atoms with Crippen LogP contribution in [0.25, 0.3) is 0 Å².